The largest absolute Gasteiger partial charge is 0.452 e. The average Bonchev–Trinajstić information content (AvgIpc) is 3.92. The third kappa shape index (κ3) is 4.41. The van der Waals surface area contributed by atoms with Gasteiger partial charge in [-0.15, -0.1) is 11.3 Å². The van der Waals surface area contributed by atoms with Crippen molar-refractivity contribution < 1.29 is 8.83 Å². The van der Waals surface area contributed by atoms with Crippen molar-refractivity contribution in [3.63, 3.8) is 0 Å². The Morgan fingerprint density at radius 1 is 0.370 bits per heavy atom. The lowest BCUT2D eigenvalue weighted by atomic mass is 9.96. The number of rotatable bonds is 4. The molecule has 0 aliphatic heterocycles. The summed E-state index contributed by atoms with van der Waals surface area (Å²) in [6, 6.07) is 63.4. The van der Waals surface area contributed by atoms with Crippen LogP contribution in [0.2, 0.25) is 0 Å². The highest BCUT2D eigenvalue weighted by Crippen LogP contribution is 2.44. The zero-order valence-corrected chi connectivity index (χ0v) is 29.7. The van der Waals surface area contributed by atoms with Gasteiger partial charge in [-0.1, -0.05) is 97.1 Å². The van der Waals surface area contributed by atoms with Crippen molar-refractivity contribution >= 4 is 114 Å². The fourth-order valence-electron chi connectivity index (χ4n) is 8.46. The zero-order valence-electron chi connectivity index (χ0n) is 28.9. The molecule has 0 saturated carbocycles. The van der Waals surface area contributed by atoms with Crippen LogP contribution in [0.5, 0.6) is 0 Å². The predicted octanol–water partition coefficient (Wildman–Crippen LogP) is 15.3. The summed E-state index contributed by atoms with van der Waals surface area (Å²) in [6.45, 7) is 0. The van der Waals surface area contributed by atoms with Gasteiger partial charge in [0.05, 0.1) is 0 Å². The molecule has 0 spiro atoms. The van der Waals surface area contributed by atoms with E-state index in [1.807, 2.05) is 29.5 Å². The minimum atomic E-state index is 0.791. The second kappa shape index (κ2) is 11.3. The molecular formula is C50H29NO2S. The number of para-hydroxylation sites is 1. The smallest absolute Gasteiger partial charge is 0.178 e. The monoisotopic (exact) mass is 707 g/mol. The molecule has 0 atom stereocenters. The molecule has 9 aromatic carbocycles. The molecule has 54 heavy (non-hydrogen) atoms. The van der Waals surface area contributed by atoms with Gasteiger partial charge in [0, 0.05) is 58.8 Å². The number of fused-ring (bicyclic) bond motifs is 12. The van der Waals surface area contributed by atoms with E-state index in [-0.39, 0.29) is 0 Å². The van der Waals surface area contributed by atoms with Crippen LogP contribution in [0.1, 0.15) is 0 Å². The summed E-state index contributed by atoms with van der Waals surface area (Å²) >= 11 is 1.85. The summed E-state index contributed by atoms with van der Waals surface area (Å²) < 4.78 is 15.5. The quantitative estimate of drug-likeness (QED) is 0.182. The van der Waals surface area contributed by atoms with Crippen molar-refractivity contribution in [3.05, 3.63) is 176 Å². The Hall–Kier alpha value is -6.88. The van der Waals surface area contributed by atoms with E-state index in [4.69, 9.17) is 8.83 Å². The first kappa shape index (κ1) is 29.7. The fourth-order valence-corrected chi connectivity index (χ4v) is 9.55. The zero-order chi connectivity index (χ0) is 35.3. The number of benzene rings is 9. The molecule has 3 aromatic heterocycles. The highest BCUT2D eigenvalue weighted by Gasteiger charge is 2.20. The molecule has 0 radical (unpaired) electrons. The summed E-state index contributed by atoms with van der Waals surface area (Å²) in [7, 11) is 0. The van der Waals surface area contributed by atoms with Gasteiger partial charge in [-0.3, -0.25) is 0 Å². The Morgan fingerprint density at radius 2 is 0.981 bits per heavy atom. The van der Waals surface area contributed by atoms with Crippen LogP contribution in [0.15, 0.2) is 185 Å². The van der Waals surface area contributed by atoms with Crippen LogP contribution in [0.3, 0.4) is 0 Å². The molecule has 3 nitrogen and oxygen atoms in total. The number of anilines is 3. The molecule has 3 heterocycles. The van der Waals surface area contributed by atoms with E-state index in [2.05, 4.69) is 163 Å². The van der Waals surface area contributed by atoms with Gasteiger partial charge < -0.3 is 13.7 Å². The van der Waals surface area contributed by atoms with Crippen LogP contribution in [-0.4, -0.2) is 0 Å². The summed E-state index contributed by atoms with van der Waals surface area (Å²) in [4.78, 5) is 2.39. The molecule has 0 aliphatic carbocycles. The molecule has 4 heteroatoms. The van der Waals surface area contributed by atoms with Gasteiger partial charge in [0.25, 0.3) is 0 Å². The topological polar surface area (TPSA) is 29.5 Å². The molecule has 12 aromatic rings. The summed E-state index contributed by atoms with van der Waals surface area (Å²) in [5.74, 6) is 0. The molecule has 252 valence electrons. The number of furan rings is 2. The van der Waals surface area contributed by atoms with Gasteiger partial charge in [-0.05, 0) is 112 Å². The van der Waals surface area contributed by atoms with Crippen LogP contribution in [0.25, 0.3) is 96.7 Å². The summed E-state index contributed by atoms with van der Waals surface area (Å²) in [5, 5.41) is 11.7. The Balaban J connectivity index is 1.01. The van der Waals surface area contributed by atoms with E-state index in [1.165, 1.54) is 41.7 Å². The van der Waals surface area contributed by atoms with Gasteiger partial charge in [0.15, 0.2) is 11.2 Å². The standard InChI is InChI=1S/C50H29NO2S/c1-2-9-31-27-35(20-18-30(31)8-1)51(37-22-25-47-43(29-37)40-11-4-6-15-46(40)54-47)36-21-19-32-26-34(17-16-33(32)28-36)38-12-7-14-45-48(38)42-24-23-41-39-10-3-5-13-44(39)52-49(41)50(42)53-45/h1-29H. The lowest BCUT2D eigenvalue weighted by Gasteiger charge is -2.26. The van der Waals surface area contributed by atoms with E-state index in [1.54, 1.807) is 0 Å². The van der Waals surface area contributed by atoms with Gasteiger partial charge in [0.2, 0.25) is 0 Å². The molecule has 0 N–H and O–H groups in total. The highest BCUT2D eigenvalue weighted by atomic mass is 32.1. The van der Waals surface area contributed by atoms with Crippen molar-refractivity contribution in [3.8, 4) is 11.1 Å². The van der Waals surface area contributed by atoms with Crippen LogP contribution >= 0.6 is 11.3 Å². The molecular weight excluding hydrogens is 679 g/mol. The van der Waals surface area contributed by atoms with E-state index in [0.717, 1.165) is 72.1 Å². The molecule has 0 bridgehead atoms. The van der Waals surface area contributed by atoms with E-state index >= 15 is 0 Å². The predicted molar refractivity (Wildman–Crippen MR) is 229 cm³/mol. The minimum Gasteiger partial charge on any atom is -0.452 e. The summed E-state index contributed by atoms with van der Waals surface area (Å²) in [6.07, 6.45) is 0. The van der Waals surface area contributed by atoms with Crippen LogP contribution < -0.4 is 4.90 Å². The maximum atomic E-state index is 6.54. The molecule has 12 rings (SSSR count). The maximum absolute atomic E-state index is 6.54. The van der Waals surface area contributed by atoms with Gasteiger partial charge in [0.1, 0.15) is 11.2 Å². The Kier molecular flexibility index (Phi) is 6.21. The first-order valence-electron chi connectivity index (χ1n) is 18.2. The van der Waals surface area contributed by atoms with Crippen LogP contribution in [-0.2, 0) is 0 Å². The van der Waals surface area contributed by atoms with Crippen molar-refractivity contribution in [2.45, 2.75) is 0 Å². The molecule has 0 saturated heterocycles. The van der Waals surface area contributed by atoms with Gasteiger partial charge >= 0.3 is 0 Å². The van der Waals surface area contributed by atoms with E-state index < -0.39 is 0 Å². The van der Waals surface area contributed by atoms with Crippen molar-refractivity contribution in [2.24, 2.45) is 0 Å². The van der Waals surface area contributed by atoms with Gasteiger partial charge in [-0.25, -0.2) is 0 Å². The van der Waals surface area contributed by atoms with Crippen LogP contribution in [0.4, 0.5) is 17.1 Å². The number of hydrogen-bond acceptors (Lipinski definition) is 4. The summed E-state index contributed by atoms with van der Waals surface area (Å²) in [5.41, 5.74) is 8.97. The number of nitrogens with zero attached hydrogens (tertiary/aromatic N) is 1. The van der Waals surface area contributed by atoms with E-state index in [0.29, 0.717) is 0 Å². The molecule has 0 aliphatic rings. The lowest BCUT2D eigenvalue weighted by molar-refractivity contribution is 0.633. The average molecular weight is 708 g/mol. The number of thiophene rings is 1. The third-order valence-electron chi connectivity index (χ3n) is 11.0. The maximum Gasteiger partial charge on any atom is 0.178 e. The lowest BCUT2D eigenvalue weighted by Crippen LogP contribution is -2.09. The highest BCUT2D eigenvalue weighted by molar-refractivity contribution is 7.25. The Morgan fingerprint density at radius 3 is 1.89 bits per heavy atom. The van der Waals surface area contributed by atoms with E-state index in [9.17, 15) is 0 Å². The fraction of sp³-hybridized carbons (Fsp3) is 0. The van der Waals surface area contributed by atoms with Crippen LogP contribution in [0, 0.1) is 0 Å². The van der Waals surface area contributed by atoms with Crippen molar-refractivity contribution in [1.29, 1.82) is 0 Å². The molecule has 0 unspecified atom stereocenters. The molecule has 0 fully saturated rings. The first-order chi connectivity index (χ1) is 26.7. The minimum absolute atomic E-state index is 0.791. The van der Waals surface area contributed by atoms with Crippen molar-refractivity contribution in [2.75, 3.05) is 4.90 Å². The Bertz CT molecular complexity index is 3470. The third-order valence-corrected chi connectivity index (χ3v) is 12.2. The Labute approximate surface area is 313 Å². The van der Waals surface area contributed by atoms with Crippen molar-refractivity contribution in [1.82, 2.24) is 0 Å². The SMILES string of the molecule is c1ccc2cc(N(c3ccc4cc(-c5cccc6oc7c(ccc8c9ccccc9oc87)c56)ccc4c3)c3ccc4sc5ccccc5c4c3)ccc2c1. The first-order valence-corrected chi connectivity index (χ1v) is 19.1. The normalized spacial score (nSPS) is 12.1. The molecule has 0 amide bonds. The number of hydrogen-bond donors (Lipinski definition) is 0. The second-order valence-electron chi connectivity index (χ2n) is 14.1. The second-order valence-corrected chi connectivity index (χ2v) is 15.2. The van der Waals surface area contributed by atoms with Gasteiger partial charge in [-0.2, -0.15) is 0 Å².